The largest absolute Gasteiger partial charge is 0.383 e. The van der Waals surface area contributed by atoms with Gasteiger partial charge in [-0.15, -0.1) is 0 Å². The average molecular weight is 293 g/mol. The maximum atomic E-state index is 6.03. The van der Waals surface area contributed by atoms with Crippen molar-refractivity contribution in [1.29, 1.82) is 0 Å². The Morgan fingerprint density at radius 2 is 1.90 bits per heavy atom. The van der Waals surface area contributed by atoms with Crippen LogP contribution in [-0.2, 0) is 6.42 Å². The minimum Gasteiger partial charge on any atom is -0.383 e. The number of aromatic nitrogens is 2. The highest BCUT2D eigenvalue weighted by atomic mass is 15.1. The summed E-state index contributed by atoms with van der Waals surface area (Å²) in [5.41, 5.74) is 6.98. The maximum absolute atomic E-state index is 6.03. The molecule has 5 heteroatoms. The number of nitrogens with two attached hydrogens (primary N) is 1. The summed E-state index contributed by atoms with van der Waals surface area (Å²) < 4.78 is 0. The number of rotatable bonds is 8. The molecule has 1 unspecified atom stereocenters. The lowest BCUT2D eigenvalue weighted by atomic mass is 10.0. The number of nitrogen functional groups attached to an aromatic ring is 1. The van der Waals surface area contributed by atoms with Crippen LogP contribution in [0.2, 0.25) is 0 Å². The summed E-state index contributed by atoms with van der Waals surface area (Å²) in [5.74, 6) is 2.94. The highest BCUT2D eigenvalue weighted by Crippen LogP contribution is 2.20. The van der Waals surface area contributed by atoms with Gasteiger partial charge >= 0.3 is 0 Å². The number of likely N-dealkylation sites (N-methyl/N-ethyl adjacent to an activating group) is 1. The first-order valence-corrected chi connectivity index (χ1v) is 7.87. The molecule has 1 heterocycles. The number of hydrogen-bond acceptors (Lipinski definition) is 5. The van der Waals surface area contributed by atoms with Crippen LogP contribution >= 0.6 is 0 Å². The second-order valence-corrected chi connectivity index (χ2v) is 6.48. The van der Waals surface area contributed by atoms with Crippen LogP contribution in [0.15, 0.2) is 0 Å². The molecule has 0 fully saturated rings. The Balaban J connectivity index is 2.95. The smallest absolute Gasteiger partial charge is 0.135 e. The van der Waals surface area contributed by atoms with Gasteiger partial charge in [-0.25, -0.2) is 9.97 Å². The molecule has 1 rings (SSSR count). The second kappa shape index (κ2) is 8.17. The van der Waals surface area contributed by atoms with Gasteiger partial charge in [0.2, 0.25) is 0 Å². The highest BCUT2D eigenvalue weighted by molar-refractivity contribution is 5.55. The first kappa shape index (κ1) is 17.7. The third-order valence-corrected chi connectivity index (χ3v) is 3.39. The zero-order chi connectivity index (χ0) is 16.0. The van der Waals surface area contributed by atoms with E-state index in [2.05, 4.69) is 55.1 Å². The van der Waals surface area contributed by atoms with E-state index >= 15 is 0 Å². The van der Waals surface area contributed by atoms with Gasteiger partial charge in [0.15, 0.2) is 0 Å². The molecule has 1 aromatic rings. The van der Waals surface area contributed by atoms with Gasteiger partial charge in [0, 0.05) is 24.6 Å². The highest BCUT2D eigenvalue weighted by Gasteiger charge is 2.16. The van der Waals surface area contributed by atoms with Crippen molar-refractivity contribution in [3.05, 3.63) is 11.4 Å². The number of aryl methyl sites for hydroxylation is 1. The Labute approximate surface area is 129 Å². The molecule has 0 saturated heterocycles. The summed E-state index contributed by atoms with van der Waals surface area (Å²) in [5, 5.41) is 3.58. The fourth-order valence-electron chi connectivity index (χ4n) is 2.44. The van der Waals surface area contributed by atoms with Crippen LogP contribution in [0.3, 0.4) is 0 Å². The minimum absolute atomic E-state index is 0.363. The lowest BCUT2D eigenvalue weighted by molar-refractivity contribution is 0.356. The molecule has 3 N–H and O–H groups in total. The fraction of sp³-hybridized carbons (Fsp3) is 0.750. The van der Waals surface area contributed by atoms with Gasteiger partial charge in [-0.2, -0.15) is 0 Å². The monoisotopic (exact) mass is 293 g/mol. The van der Waals surface area contributed by atoms with E-state index < -0.39 is 0 Å². The van der Waals surface area contributed by atoms with Crippen LogP contribution in [0.25, 0.3) is 0 Å². The molecule has 1 aromatic heterocycles. The van der Waals surface area contributed by atoms with E-state index in [9.17, 15) is 0 Å². The molecular formula is C16H31N5. The summed E-state index contributed by atoms with van der Waals surface area (Å²) in [6.45, 7) is 9.57. The molecule has 120 valence electrons. The van der Waals surface area contributed by atoms with Gasteiger partial charge < -0.3 is 16.0 Å². The molecule has 0 spiro atoms. The van der Waals surface area contributed by atoms with E-state index in [-0.39, 0.29) is 0 Å². The molecule has 0 bridgehead atoms. The van der Waals surface area contributed by atoms with Gasteiger partial charge in [0.1, 0.15) is 17.5 Å². The van der Waals surface area contributed by atoms with Crippen molar-refractivity contribution in [1.82, 2.24) is 14.9 Å². The maximum Gasteiger partial charge on any atom is 0.135 e. The SMILES string of the molecule is CCCc1nc(N)c(C)c(NC(CC(C)C)CN(C)C)n1. The summed E-state index contributed by atoms with van der Waals surface area (Å²) in [7, 11) is 4.19. The molecule has 0 aliphatic heterocycles. The summed E-state index contributed by atoms with van der Waals surface area (Å²) in [4.78, 5) is 11.2. The van der Waals surface area contributed by atoms with Crippen molar-refractivity contribution >= 4 is 11.6 Å². The van der Waals surface area contributed by atoms with Gasteiger partial charge in [-0.05, 0) is 39.8 Å². The number of nitrogens with zero attached hydrogens (tertiary/aromatic N) is 3. The third kappa shape index (κ3) is 5.87. The molecule has 1 atom stereocenters. The standard InChI is InChI=1S/C16H31N5/c1-7-8-14-19-15(17)12(4)16(20-14)18-13(9-11(2)3)10-21(5)6/h11,13H,7-10H2,1-6H3,(H3,17,18,19,20). The van der Waals surface area contributed by atoms with Gasteiger partial charge in [0.05, 0.1) is 0 Å². The van der Waals surface area contributed by atoms with E-state index in [0.717, 1.165) is 43.0 Å². The second-order valence-electron chi connectivity index (χ2n) is 6.48. The number of nitrogens with one attached hydrogen (secondary N) is 1. The molecule has 0 aromatic carbocycles. The van der Waals surface area contributed by atoms with Crippen molar-refractivity contribution in [3.8, 4) is 0 Å². The molecule has 0 amide bonds. The Morgan fingerprint density at radius 3 is 2.43 bits per heavy atom. The van der Waals surface area contributed by atoms with Crippen LogP contribution in [0.5, 0.6) is 0 Å². The van der Waals surface area contributed by atoms with Gasteiger partial charge in [-0.1, -0.05) is 20.8 Å². The van der Waals surface area contributed by atoms with Crippen molar-refractivity contribution in [2.75, 3.05) is 31.7 Å². The van der Waals surface area contributed by atoms with Crippen molar-refractivity contribution in [2.24, 2.45) is 5.92 Å². The number of anilines is 2. The fourth-order valence-corrected chi connectivity index (χ4v) is 2.44. The van der Waals surface area contributed by atoms with E-state index in [1.165, 1.54) is 0 Å². The molecule has 0 saturated carbocycles. The number of hydrogen-bond donors (Lipinski definition) is 2. The molecule has 5 nitrogen and oxygen atoms in total. The van der Waals surface area contributed by atoms with Gasteiger partial charge in [-0.3, -0.25) is 0 Å². The van der Waals surface area contributed by atoms with Crippen LogP contribution in [-0.4, -0.2) is 41.5 Å². The molecule has 21 heavy (non-hydrogen) atoms. The summed E-state index contributed by atoms with van der Waals surface area (Å²) >= 11 is 0. The Hall–Kier alpha value is -1.36. The Morgan fingerprint density at radius 1 is 1.24 bits per heavy atom. The van der Waals surface area contributed by atoms with Crippen LogP contribution < -0.4 is 11.1 Å². The molecular weight excluding hydrogens is 262 g/mol. The first-order chi connectivity index (χ1) is 9.83. The quantitative estimate of drug-likeness (QED) is 0.771. The zero-order valence-electron chi connectivity index (χ0n) is 14.4. The van der Waals surface area contributed by atoms with E-state index in [0.29, 0.717) is 17.8 Å². The van der Waals surface area contributed by atoms with E-state index in [1.54, 1.807) is 0 Å². The first-order valence-electron chi connectivity index (χ1n) is 7.87. The lowest BCUT2D eigenvalue weighted by Gasteiger charge is -2.25. The predicted molar refractivity (Wildman–Crippen MR) is 90.6 cm³/mol. The average Bonchev–Trinajstić information content (AvgIpc) is 2.34. The Bertz CT molecular complexity index is 433. The predicted octanol–water partition coefficient (Wildman–Crippen LogP) is 2.71. The Kier molecular flexibility index (Phi) is 6.89. The molecule has 0 aliphatic carbocycles. The topological polar surface area (TPSA) is 67.1 Å². The minimum atomic E-state index is 0.363. The van der Waals surface area contributed by atoms with E-state index in [1.807, 2.05) is 6.92 Å². The van der Waals surface area contributed by atoms with Crippen LogP contribution in [0, 0.1) is 12.8 Å². The van der Waals surface area contributed by atoms with Crippen molar-refractivity contribution in [2.45, 2.75) is 53.0 Å². The lowest BCUT2D eigenvalue weighted by Crippen LogP contribution is -2.34. The van der Waals surface area contributed by atoms with Crippen molar-refractivity contribution < 1.29 is 0 Å². The summed E-state index contributed by atoms with van der Waals surface area (Å²) in [6.07, 6.45) is 2.99. The zero-order valence-corrected chi connectivity index (χ0v) is 14.4. The van der Waals surface area contributed by atoms with E-state index in [4.69, 9.17) is 5.73 Å². The van der Waals surface area contributed by atoms with Crippen LogP contribution in [0.4, 0.5) is 11.6 Å². The molecule has 0 radical (unpaired) electrons. The van der Waals surface area contributed by atoms with Crippen molar-refractivity contribution in [3.63, 3.8) is 0 Å². The summed E-state index contributed by atoms with van der Waals surface area (Å²) in [6, 6.07) is 0.363. The van der Waals surface area contributed by atoms with Crippen LogP contribution in [0.1, 0.15) is 45.0 Å². The molecule has 0 aliphatic rings. The third-order valence-electron chi connectivity index (χ3n) is 3.39. The van der Waals surface area contributed by atoms with Gasteiger partial charge in [0.25, 0.3) is 0 Å². The normalized spacial score (nSPS) is 13.0.